The molecule has 0 radical (unpaired) electrons. The van der Waals surface area contributed by atoms with E-state index in [1.807, 2.05) is 0 Å². The van der Waals surface area contributed by atoms with Crippen LogP contribution in [0.15, 0.2) is 23.9 Å². The van der Waals surface area contributed by atoms with Crippen molar-refractivity contribution in [2.75, 3.05) is 5.73 Å². The maximum Gasteiger partial charge on any atom is 0.130 e. The van der Waals surface area contributed by atoms with Gasteiger partial charge in [0.05, 0.1) is 0 Å². The predicted octanol–water partition coefficient (Wildman–Crippen LogP) is 1.09. The molecule has 0 aromatic carbocycles. The first-order chi connectivity index (χ1) is 6.26. The van der Waals surface area contributed by atoms with Crippen LogP contribution in [0.4, 0.5) is 5.82 Å². The van der Waals surface area contributed by atoms with E-state index in [1.165, 1.54) is 12.3 Å². The Labute approximate surface area is 75.5 Å². The molecule has 0 aliphatic rings. The second-order valence-corrected chi connectivity index (χ2v) is 2.30. The number of pyridine rings is 1. The first-order valence-corrected chi connectivity index (χ1v) is 3.49. The molecule has 0 atom stereocenters. The van der Waals surface area contributed by atoms with Crippen molar-refractivity contribution in [3.8, 4) is 12.1 Å². The van der Waals surface area contributed by atoms with Crippen LogP contribution in [0.3, 0.4) is 0 Å². The Morgan fingerprint density at radius 3 is 2.69 bits per heavy atom. The maximum atomic E-state index is 8.47. The van der Waals surface area contributed by atoms with Crippen molar-refractivity contribution >= 4 is 11.9 Å². The molecule has 0 amide bonds. The average Bonchev–Trinajstić information content (AvgIpc) is 2.14. The summed E-state index contributed by atoms with van der Waals surface area (Å²) in [5.41, 5.74) is 6.16. The van der Waals surface area contributed by atoms with Crippen molar-refractivity contribution in [3.63, 3.8) is 0 Å². The third kappa shape index (κ3) is 2.32. The number of allylic oxidation sites excluding steroid dienone is 1. The van der Waals surface area contributed by atoms with Crippen molar-refractivity contribution in [2.24, 2.45) is 0 Å². The number of nitrogens with zero attached hydrogens (tertiary/aromatic N) is 3. The van der Waals surface area contributed by atoms with Crippen molar-refractivity contribution in [3.05, 3.63) is 29.5 Å². The topological polar surface area (TPSA) is 86.5 Å². The number of hydrogen-bond acceptors (Lipinski definition) is 4. The van der Waals surface area contributed by atoms with Crippen LogP contribution in [-0.2, 0) is 0 Å². The number of hydrogen-bond donors (Lipinski definition) is 1. The Hall–Kier alpha value is -2.33. The molecule has 0 aliphatic heterocycles. The Kier molecular flexibility index (Phi) is 2.62. The van der Waals surface area contributed by atoms with E-state index in [1.54, 1.807) is 24.3 Å². The van der Waals surface area contributed by atoms with Gasteiger partial charge in [0, 0.05) is 6.20 Å². The van der Waals surface area contributed by atoms with Crippen LogP contribution in [0, 0.1) is 22.7 Å². The normalized spacial score (nSPS) is 8.15. The minimum Gasteiger partial charge on any atom is -0.384 e. The predicted molar refractivity (Wildman–Crippen MR) is 47.9 cm³/mol. The largest absolute Gasteiger partial charge is 0.384 e. The molecule has 0 saturated carbocycles. The molecular weight excluding hydrogens is 164 g/mol. The molecule has 2 N–H and O–H groups in total. The number of nitrogens with two attached hydrogens (primary N) is 1. The maximum absolute atomic E-state index is 8.47. The van der Waals surface area contributed by atoms with E-state index in [-0.39, 0.29) is 5.57 Å². The molecule has 0 spiro atoms. The minimum atomic E-state index is 0.0469. The SMILES string of the molecule is N#CC(C#N)=Cc1ccnc(N)c1. The van der Waals surface area contributed by atoms with E-state index in [0.29, 0.717) is 11.4 Å². The fraction of sp³-hybridized carbons (Fsp3) is 0. The van der Waals surface area contributed by atoms with E-state index >= 15 is 0 Å². The summed E-state index contributed by atoms with van der Waals surface area (Å²) in [5.74, 6) is 0.365. The number of anilines is 1. The van der Waals surface area contributed by atoms with Gasteiger partial charge in [0.25, 0.3) is 0 Å². The van der Waals surface area contributed by atoms with Gasteiger partial charge in [-0.05, 0) is 23.8 Å². The lowest BCUT2D eigenvalue weighted by Gasteiger charge is -1.93. The van der Waals surface area contributed by atoms with Gasteiger partial charge in [-0.25, -0.2) is 4.98 Å². The molecule has 0 bridgehead atoms. The van der Waals surface area contributed by atoms with Crippen LogP contribution in [0.2, 0.25) is 0 Å². The number of rotatable bonds is 1. The Morgan fingerprint density at radius 2 is 2.15 bits per heavy atom. The zero-order chi connectivity index (χ0) is 9.68. The highest BCUT2D eigenvalue weighted by molar-refractivity contribution is 5.63. The van der Waals surface area contributed by atoms with E-state index in [9.17, 15) is 0 Å². The van der Waals surface area contributed by atoms with Gasteiger partial charge in [0.15, 0.2) is 0 Å². The summed E-state index contributed by atoms with van der Waals surface area (Å²) < 4.78 is 0. The monoisotopic (exact) mass is 170 g/mol. The highest BCUT2D eigenvalue weighted by Crippen LogP contribution is 2.07. The lowest BCUT2D eigenvalue weighted by atomic mass is 10.2. The van der Waals surface area contributed by atoms with Crippen molar-refractivity contribution in [2.45, 2.75) is 0 Å². The van der Waals surface area contributed by atoms with E-state index in [4.69, 9.17) is 16.3 Å². The van der Waals surface area contributed by atoms with Crippen molar-refractivity contribution in [1.82, 2.24) is 4.98 Å². The van der Waals surface area contributed by atoms with Gasteiger partial charge in [-0.3, -0.25) is 0 Å². The molecule has 62 valence electrons. The van der Waals surface area contributed by atoms with Crippen LogP contribution < -0.4 is 5.73 Å². The summed E-state index contributed by atoms with van der Waals surface area (Å²) in [6.45, 7) is 0. The second-order valence-electron chi connectivity index (χ2n) is 2.30. The minimum absolute atomic E-state index is 0.0469. The third-order valence-electron chi connectivity index (χ3n) is 1.36. The molecule has 0 fully saturated rings. The summed E-state index contributed by atoms with van der Waals surface area (Å²) in [6, 6.07) is 6.78. The van der Waals surface area contributed by atoms with Gasteiger partial charge in [-0.2, -0.15) is 10.5 Å². The van der Waals surface area contributed by atoms with Crippen molar-refractivity contribution < 1.29 is 0 Å². The lowest BCUT2D eigenvalue weighted by molar-refractivity contribution is 1.33. The fourth-order valence-electron chi connectivity index (χ4n) is 0.812. The van der Waals surface area contributed by atoms with Crippen LogP contribution in [0.25, 0.3) is 6.08 Å². The summed E-state index contributed by atoms with van der Waals surface area (Å²) in [5, 5.41) is 16.9. The van der Waals surface area contributed by atoms with Gasteiger partial charge >= 0.3 is 0 Å². The molecule has 0 unspecified atom stereocenters. The molecule has 1 heterocycles. The molecule has 4 heteroatoms. The fourth-order valence-corrected chi connectivity index (χ4v) is 0.812. The Bertz CT molecular complexity index is 404. The van der Waals surface area contributed by atoms with Crippen molar-refractivity contribution in [1.29, 1.82) is 10.5 Å². The summed E-state index contributed by atoms with van der Waals surface area (Å²) >= 11 is 0. The number of aromatic nitrogens is 1. The molecular formula is C9H6N4. The third-order valence-corrected chi connectivity index (χ3v) is 1.36. The Balaban J connectivity index is 3.06. The Morgan fingerprint density at radius 1 is 1.46 bits per heavy atom. The van der Waals surface area contributed by atoms with E-state index in [2.05, 4.69) is 4.98 Å². The highest BCUT2D eigenvalue weighted by Gasteiger charge is 1.94. The zero-order valence-electron chi connectivity index (χ0n) is 6.73. The van der Waals surface area contributed by atoms with Gasteiger partial charge in [-0.15, -0.1) is 0 Å². The first-order valence-electron chi connectivity index (χ1n) is 3.49. The molecule has 1 rings (SSSR count). The standard InChI is InChI=1S/C9H6N4/c10-5-8(6-11)3-7-1-2-13-9(12)4-7/h1-4H,(H2,12,13). The molecule has 0 aliphatic carbocycles. The molecule has 4 nitrogen and oxygen atoms in total. The average molecular weight is 170 g/mol. The van der Waals surface area contributed by atoms with Gasteiger partial charge in [-0.1, -0.05) is 0 Å². The van der Waals surface area contributed by atoms with Gasteiger partial charge < -0.3 is 5.73 Å². The molecule has 1 aromatic heterocycles. The van der Waals surface area contributed by atoms with Gasteiger partial charge in [0.2, 0.25) is 0 Å². The number of nitrogen functional groups attached to an aromatic ring is 1. The van der Waals surface area contributed by atoms with E-state index in [0.717, 1.165) is 0 Å². The van der Waals surface area contributed by atoms with Crippen LogP contribution in [-0.4, -0.2) is 4.98 Å². The number of nitriles is 2. The summed E-state index contributed by atoms with van der Waals surface area (Å²) in [6.07, 6.45) is 2.98. The van der Waals surface area contributed by atoms with Gasteiger partial charge in [0.1, 0.15) is 23.5 Å². The van der Waals surface area contributed by atoms with Crippen LogP contribution in [0.5, 0.6) is 0 Å². The quantitative estimate of drug-likeness (QED) is 0.639. The zero-order valence-corrected chi connectivity index (χ0v) is 6.73. The molecule has 13 heavy (non-hydrogen) atoms. The highest BCUT2D eigenvalue weighted by atomic mass is 14.8. The first kappa shape index (κ1) is 8.76. The summed E-state index contributed by atoms with van der Waals surface area (Å²) in [7, 11) is 0. The van der Waals surface area contributed by atoms with E-state index < -0.39 is 0 Å². The summed E-state index contributed by atoms with van der Waals surface area (Å²) in [4.78, 5) is 3.78. The molecule has 1 aromatic rings. The van der Waals surface area contributed by atoms with Crippen LogP contribution >= 0.6 is 0 Å². The lowest BCUT2D eigenvalue weighted by Crippen LogP contribution is -1.88. The smallest absolute Gasteiger partial charge is 0.130 e. The second kappa shape index (κ2) is 3.89. The van der Waals surface area contributed by atoms with Crippen LogP contribution in [0.1, 0.15) is 5.56 Å². The molecule has 0 saturated heterocycles.